The Kier molecular flexibility index (Phi) is 3.37. The highest BCUT2D eigenvalue weighted by Gasteiger charge is 2.11. The quantitative estimate of drug-likeness (QED) is 0.860. The van der Waals surface area contributed by atoms with Crippen molar-refractivity contribution in [2.45, 2.75) is 26.3 Å². The highest BCUT2D eigenvalue weighted by atomic mass is 79.9. The average Bonchev–Trinajstić information content (AvgIpc) is 2.73. The molecule has 0 aliphatic rings. The predicted octanol–water partition coefficient (Wildman–Crippen LogP) is 1.56. The maximum Gasteiger partial charge on any atom is 0.268 e. The van der Waals surface area contributed by atoms with Gasteiger partial charge in [-0.25, -0.2) is 4.98 Å². The zero-order valence-electron chi connectivity index (χ0n) is 9.42. The van der Waals surface area contributed by atoms with E-state index in [4.69, 9.17) is 4.52 Å². The first-order valence-electron chi connectivity index (χ1n) is 5.10. The van der Waals surface area contributed by atoms with Crippen LogP contribution in [0, 0.1) is 0 Å². The lowest BCUT2D eigenvalue weighted by Crippen LogP contribution is -2.21. The topological polar surface area (TPSA) is 73.8 Å². The smallest absolute Gasteiger partial charge is 0.268 e. The monoisotopic (exact) mass is 298 g/mol. The summed E-state index contributed by atoms with van der Waals surface area (Å²) in [4.78, 5) is 19.8. The van der Waals surface area contributed by atoms with Gasteiger partial charge in [0, 0.05) is 12.1 Å². The fraction of sp³-hybridized carbons (Fsp3) is 0.400. The van der Waals surface area contributed by atoms with Crippen LogP contribution in [0.25, 0.3) is 0 Å². The van der Waals surface area contributed by atoms with Crippen molar-refractivity contribution < 1.29 is 4.52 Å². The summed E-state index contributed by atoms with van der Waals surface area (Å²) in [5.74, 6) is 1.23. The fourth-order valence-electron chi connectivity index (χ4n) is 1.25. The minimum absolute atomic E-state index is 0.177. The van der Waals surface area contributed by atoms with Gasteiger partial charge in [-0.05, 0) is 15.9 Å². The molecule has 17 heavy (non-hydrogen) atoms. The van der Waals surface area contributed by atoms with Crippen molar-refractivity contribution in [3.05, 3.63) is 39.1 Å². The van der Waals surface area contributed by atoms with Crippen LogP contribution in [0.3, 0.4) is 0 Å². The van der Waals surface area contributed by atoms with Crippen LogP contribution in [0.4, 0.5) is 0 Å². The molecule has 0 aliphatic heterocycles. The Hall–Kier alpha value is -1.50. The standard InChI is InChI=1S/C10H11BrN4O2/c1-6(2)9-13-8(17-14-9)4-15-5-12-3-7(11)10(15)16/h3,5-6H,4H2,1-2H3. The van der Waals surface area contributed by atoms with E-state index in [9.17, 15) is 4.79 Å². The van der Waals surface area contributed by atoms with Gasteiger partial charge in [0.15, 0.2) is 5.82 Å². The summed E-state index contributed by atoms with van der Waals surface area (Å²) in [6.07, 6.45) is 2.89. The van der Waals surface area contributed by atoms with Gasteiger partial charge in [0.1, 0.15) is 11.0 Å². The molecule has 2 rings (SSSR count). The third kappa shape index (κ3) is 2.60. The van der Waals surface area contributed by atoms with Crippen LogP contribution in [0.5, 0.6) is 0 Å². The zero-order chi connectivity index (χ0) is 12.4. The van der Waals surface area contributed by atoms with E-state index in [0.29, 0.717) is 16.2 Å². The number of aromatic nitrogens is 4. The van der Waals surface area contributed by atoms with Gasteiger partial charge in [0.05, 0.1) is 6.33 Å². The van der Waals surface area contributed by atoms with Gasteiger partial charge >= 0.3 is 0 Å². The van der Waals surface area contributed by atoms with Crippen molar-refractivity contribution in [2.24, 2.45) is 0 Å². The summed E-state index contributed by atoms with van der Waals surface area (Å²) in [5.41, 5.74) is -0.177. The van der Waals surface area contributed by atoms with E-state index < -0.39 is 0 Å². The average molecular weight is 299 g/mol. The van der Waals surface area contributed by atoms with Crippen molar-refractivity contribution >= 4 is 15.9 Å². The first-order valence-corrected chi connectivity index (χ1v) is 5.89. The number of halogens is 1. The molecule has 2 heterocycles. The third-order valence-corrected chi connectivity index (χ3v) is 2.71. The molecule has 0 saturated carbocycles. The van der Waals surface area contributed by atoms with E-state index in [0.717, 1.165) is 0 Å². The van der Waals surface area contributed by atoms with E-state index in [1.54, 1.807) is 0 Å². The maximum atomic E-state index is 11.7. The summed E-state index contributed by atoms with van der Waals surface area (Å²) in [6.45, 7) is 4.17. The molecule has 0 N–H and O–H groups in total. The van der Waals surface area contributed by atoms with Crippen LogP contribution in [0.1, 0.15) is 31.5 Å². The molecule has 7 heteroatoms. The third-order valence-electron chi connectivity index (χ3n) is 2.16. The molecule has 0 radical (unpaired) electrons. The van der Waals surface area contributed by atoms with E-state index in [1.807, 2.05) is 13.8 Å². The molecule has 0 fully saturated rings. The van der Waals surface area contributed by atoms with Crippen molar-refractivity contribution in [3.63, 3.8) is 0 Å². The molecular formula is C10H11BrN4O2. The number of rotatable bonds is 3. The largest absolute Gasteiger partial charge is 0.337 e. The second-order valence-electron chi connectivity index (χ2n) is 3.88. The van der Waals surface area contributed by atoms with E-state index in [2.05, 4.69) is 31.1 Å². The molecule has 0 atom stereocenters. The molecule has 0 saturated heterocycles. The molecule has 2 aromatic rings. The first-order chi connectivity index (χ1) is 8.08. The lowest BCUT2D eigenvalue weighted by atomic mass is 10.2. The van der Waals surface area contributed by atoms with Gasteiger partial charge in [0.25, 0.3) is 5.56 Å². The molecule has 0 amide bonds. The molecule has 0 spiro atoms. The summed E-state index contributed by atoms with van der Waals surface area (Å²) in [5, 5.41) is 3.83. The van der Waals surface area contributed by atoms with Crippen LogP contribution in [0.2, 0.25) is 0 Å². The van der Waals surface area contributed by atoms with Crippen LogP contribution >= 0.6 is 15.9 Å². The Morgan fingerprint density at radius 3 is 2.94 bits per heavy atom. The van der Waals surface area contributed by atoms with Gasteiger partial charge in [0.2, 0.25) is 5.89 Å². The van der Waals surface area contributed by atoms with Gasteiger partial charge in [-0.3, -0.25) is 9.36 Å². The molecular weight excluding hydrogens is 288 g/mol. The Labute approximate surface area is 106 Å². The molecule has 6 nitrogen and oxygen atoms in total. The highest BCUT2D eigenvalue weighted by molar-refractivity contribution is 9.10. The normalized spacial score (nSPS) is 11.1. The fourth-order valence-corrected chi connectivity index (χ4v) is 1.60. The number of hydrogen-bond acceptors (Lipinski definition) is 5. The van der Waals surface area contributed by atoms with Crippen molar-refractivity contribution in [1.82, 2.24) is 19.7 Å². The van der Waals surface area contributed by atoms with Crippen LogP contribution in [-0.4, -0.2) is 19.7 Å². The van der Waals surface area contributed by atoms with Gasteiger partial charge < -0.3 is 4.52 Å². The van der Waals surface area contributed by atoms with Crippen molar-refractivity contribution in [2.75, 3.05) is 0 Å². The van der Waals surface area contributed by atoms with E-state index in [-0.39, 0.29) is 18.0 Å². The molecule has 90 valence electrons. The molecule has 2 aromatic heterocycles. The lowest BCUT2D eigenvalue weighted by molar-refractivity contribution is 0.362. The van der Waals surface area contributed by atoms with Crippen LogP contribution in [0.15, 0.2) is 26.3 Å². The van der Waals surface area contributed by atoms with Crippen LogP contribution in [-0.2, 0) is 6.54 Å². The summed E-state index contributed by atoms with van der Waals surface area (Å²) >= 11 is 3.13. The number of nitrogens with zero attached hydrogens (tertiary/aromatic N) is 4. The van der Waals surface area contributed by atoms with E-state index in [1.165, 1.54) is 17.1 Å². The second-order valence-corrected chi connectivity index (χ2v) is 4.73. The summed E-state index contributed by atoms with van der Waals surface area (Å²) in [7, 11) is 0. The van der Waals surface area contributed by atoms with Gasteiger partial charge in [-0.15, -0.1) is 0 Å². The second kappa shape index (κ2) is 4.79. The molecule has 0 aliphatic carbocycles. The van der Waals surface area contributed by atoms with Crippen molar-refractivity contribution in [3.8, 4) is 0 Å². The molecule has 0 unspecified atom stereocenters. The Morgan fingerprint density at radius 2 is 2.29 bits per heavy atom. The van der Waals surface area contributed by atoms with Gasteiger partial charge in [-0.1, -0.05) is 19.0 Å². The van der Waals surface area contributed by atoms with Crippen molar-refractivity contribution in [1.29, 1.82) is 0 Å². The van der Waals surface area contributed by atoms with Crippen LogP contribution < -0.4 is 5.56 Å². The molecule has 0 bridgehead atoms. The number of hydrogen-bond donors (Lipinski definition) is 0. The Morgan fingerprint density at radius 1 is 1.53 bits per heavy atom. The van der Waals surface area contributed by atoms with E-state index >= 15 is 0 Å². The minimum atomic E-state index is -0.177. The first kappa shape index (κ1) is 12.0. The summed E-state index contributed by atoms with van der Waals surface area (Å²) in [6, 6.07) is 0. The Bertz CT molecular complexity index is 576. The predicted molar refractivity (Wildman–Crippen MR) is 63.7 cm³/mol. The zero-order valence-corrected chi connectivity index (χ0v) is 11.0. The lowest BCUT2D eigenvalue weighted by Gasteiger charge is -2.00. The molecule has 0 aromatic carbocycles. The SMILES string of the molecule is CC(C)c1noc(Cn2cncc(Br)c2=O)n1. The van der Waals surface area contributed by atoms with Gasteiger partial charge in [-0.2, -0.15) is 4.98 Å². The minimum Gasteiger partial charge on any atom is -0.337 e. The summed E-state index contributed by atoms with van der Waals surface area (Å²) < 4.78 is 6.87. The Balaban J connectivity index is 2.26. The maximum absolute atomic E-state index is 11.7. The highest BCUT2D eigenvalue weighted by Crippen LogP contribution is 2.10.